The molecular formula is C12H23NO5S. The van der Waals surface area contributed by atoms with Crippen LogP contribution in [0.25, 0.3) is 0 Å². The van der Waals surface area contributed by atoms with Gasteiger partial charge in [-0.05, 0) is 25.2 Å². The first-order valence-electron chi connectivity index (χ1n) is 6.66. The average molecular weight is 293 g/mol. The molecule has 0 aromatic carbocycles. The maximum Gasteiger partial charge on any atom is 0.321 e. The fourth-order valence-electron chi connectivity index (χ4n) is 2.40. The predicted molar refractivity (Wildman–Crippen MR) is 71.4 cm³/mol. The molecule has 1 aliphatic carbocycles. The Morgan fingerprint density at radius 2 is 2.00 bits per heavy atom. The third-order valence-electron chi connectivity index (χ3n) is 3.41. The first kappa shape index (κ1) is 16.4. The Labute approximate surface area is 114 Å². The number of hydrogen-bond acceptors (Lipinski definition) is 4. The van der Waals surface area contributed by atoms with Crippen molar-refractivity contribution in [1.29, 1.82) is 0 Å². The molecule has 1 rings (SSSR count). The molecule has 0 amide bonds. The van der Waals surface area contributed by atoms with E-state index in [0.29, 0.717) is 0 Å². The molecule has 0 radical (unpaired) electrons. The molecule has 1 saturated carbocycles. The molecule has 7 heteroatoms. The Kier molecular flexibility index (Phi) is 6.74. The van der Waals surface area contributed by atoms with Gasteiger partial charge in [0.25, 0.3) is 0 Å². The number of carboxylic acid groups (broad SMARTS) is 1. The number of methoxy groups -OCH3 is 1. The van der Waals surface area contributed by atoms with Crippen molar-refractivity contribution in [3.63, 3.8) is 0 Å². The summed E-state index contributed by atoms with van der Waals surface area (Å²) in [5, 5.41) is 8.99. The minimum atomic E-state index is -3.54. The highest BCUT2D eigenvalue weighted by molar-refractivity contribution is 7.89. The summed E-state index contributed by atoms with van der Waals surface area (Å²) in [5.74, 6) is -0.976. The highest BCUT2D eigenvalue weighted by Crippen LogP contribution is 2.24. The number of rotatable bonds is 8. The summed E-state index contributed by atoms with van der Waals surface area (Å²) < 4.78 is 31.0. The van der Waals surface area contributed by atoms with E-state index in [1.54, 1.807) is 0 Å². The zero-order valence-corrected chi connectivity index (χ0v) is 12.1. The van der Waals surface area contributed by atoms with Gasteiger partial charge in [-0.3, -0.25) is 4.79 Å². The molecule has 0 aromatic heterocycles. The second-order valence-electron chi connectivity index (χ2n) is 5.08. The Balaban J connectivity index is 2.52. The number of carboxylic acids is 1. The van der Waals surface area contributed by atoms with E-state index in [1.165, 1.54) is 7.11 Å². The lowest BCUT2D eigenvalue weighted by molar-refractivity contribution is -0.139. The summed E-state index contributed by atoms with van der Waals surface area (Å²) in [5.41, 5.74) is 0. The molecule has 1 atom stereocenters. The van der Waals surface area contributed by atoms with Crippen molar-refractivity contribution in [3.05, 3.63) is 0 Å². The van der Waals surface area contributed by atoms with Crippen LogP contribution in [0.4, 0.5) is 0 Å². The van der Waals surface area contributed by atoms with Crippen molar-refractivity contribution >= 4 is 16.0 Å². The van der Waals surface area contributed by atoms with E-state index in [1.807, 2.05) is 0 Å². The van der Waals surface area contributed by atoms with Crippen LogP contribution in [0.15, 0.2) is 0 Å². The molecular weight excluding hydrogens is 270 g/mol. The van der Waals surface area contributed by atoms with Crippen LogP contribution in [-0.2, 0) is 19.6 Å². The standard InChI is InChI=1S/C12H23NO5S/c1-18-8-7-11(12(14)15)13-19(16,17)9-10-5-3-2-4-6-10/h10-11,13H,2-9H2,1H3,(H,14,15). The van der Waals surface area contributed by atoms with Crippen molar-refractivity contribution in [2.45, 2.75) is 44.6 Å². The lowest BCUT2D eigenvalue weighted by Crippen LogP contribution is -2.43. The largest absolute Gasteiger partial charge is 0.480 e. The average Bonchev–Trinajstić information content (AvgIpc) is 2.34. The summed E-state index contributed by atoms with van der Waals surface area (Å²) in [4.78, 5) is 11.0. The fourth-order valence-corrected chi connectivity index (χ4v) is 4.10. The van der Waals surface area contributed by atoms with Crippen LogP contribution in [0.5, 0.6) is 0 Å². The van der Waals surface area contributed by atoms with Crippen LogP contribution < -0.4 is 4.72 Å². The van der Waals surface area contributed by atoms with Crippen LogP contribution in [0.1, 0.15) is 38.5 Å². The van der Waals surface area contributed by atoms with Crippen molar-refractivity contribution in [1.82, 2.24) is 4.72 Å². The first-order chi connectivity index (χ1) is 8.94. The number of hydrogen-bond donors (Lipinski definition) is 2. The van der Waals surface area contributed by atoms with E-state index in [-0.39, 0.29) is 24.7 Å². The molecule has 0 heterocycles. The molecule has 1 unspecified atom stereocenters. The Morgan fingerprint density at radius 3 is 2.53 bits per heavy atom. The van der Waals surface area contributed by atoms with E-state index in [4.69, 9.17) is 9.84 Å². The first-order valence-corrected chi connectivity index (χ1v) is 8.31. The Hall–Kier alpha value is -0.660. The van der Waals surface area contributed by atoms with Gasteiger partial charge in [0, 0.05) is 13.7 Å². The van der Waals surface area contributed by atoms with Crippen molar-refractivity contribution in [2.24, 2.45) is 5.92 Å². The van der Waals surface area contributed by atoms with Gasteiger partial charge in [0.05, 0.1) is 5.75 Å². The molecule has 112 valence electrons. The maximum atomic E-state index is 12.0. The number of carbonyl (C=O) groups is 1. The highest BCUT2D eigenvalue weighted by Gasteiger charge is 2.27. The molecule has 1 fully saturated rings. The Morgan fingerprint density at radius 1 is 1.37 bits per heavy atom. The van der Waals surface area contributed by atoms with Crippen molar-refractivity contribution in [2.75, 3.05) is 19.5 Å². The lowest BCUT2D eigenvalue weighted by Gasteiger charge is -2.22. The van der Waals surface area contributed by atoms with E-state index < -0.39 is 22.0 Å². The molecule has 0 bridgehead atoms. The van der Waals surface area contributed by atoms with Gasteiger partial charge < -0.3 is 9.84 Å². The SMILES string of the molecule is COCCC(NS(=O)(=O)CC1CCCCC1)C(=O)O. The normalized spacial score (nSPS) is 19.2. The second kappa shape index (κ2) is 7.81. The molecule has 6 nitrogen and oxygen atoms in total. The van der Waals surface area contributed by atoms with Gasteiger partial charge in [-0.1, -0.05) is 19.3 Å². The molecule has 19 heavy (non-hydrogen) atoms. The molecule has 0 spiro atoms. The monoisotopic (exact) mass is 293 g/mol. The molecule has 0 aliphatic heterocycles. The maximum absolute atomic E-state index is 12.0. The number of ether oxygens (including phenoxy) is 1. The summed E-state index contributed by atoms with van der Waals surface area (Å²) in [6, 6.07) is -1.10. The zero-order chi connectivity index (χ0) is 14.3. The van der Waals surface area contributed by atoms with Gasteiger partial charge in [-0.2, -0.15) is 0 Å². The third kappa shape index (κ3) is 6.35. The smallest absolute Gasteiger partial charge is 0.321 e. The number of sulfonamides is 1. The van der Waals surface area contributed by atoms with Gasteiger partial charge >= 0.3 is 5.97 Å². The molecule has 0 aromatic rings. The van der Waals surface area contributed by atoms with Crippen LogP contribution in [-0.4, -0.2) is 45.0 Å². The lowest BCUT2D eigenvalue weighted by atomic mass is 9.91. The molecule has 0 saturated heterocycles. The van der Waals surface area contributed by atoms with Gasteiger partial charge in [0.1, 0.15) is 6.04 Å². The van der Waals surface area contributed by atoms with Crippen LogP contribution in [0, 0.1) is 5.92 Å². The van der Waals surface area contributed by atoms with E-state index in [2.05, 4.69) is 4.72 Å². The molecule has 2 N–H and O–H groups in total. The van der Waals surface area contributed by atoms with Crippen LogP contribution in [0.2, 0.25) is 0 Å². The van der Waals surface area contributed by atoms with Gasteiger partial charge in [-0.15, -0.1) is 0 Å². The van der Waals surface area contributed by atoms with Gasteiger partial charge in [-0.25, -0.2) is 13.1 Å². The van der Waals surface area contributed by atoms with Crippen molar-refractivity contribution < 1.29 is 23.1 Å². The number of aliphatic carboxylic acids is 1. The fraction of sp³-hybridized carbons (Fsp3) is 0.917. The van der Waals surface area contributed by atoms with E-state index in [0.717, 1.165) is 32.1 Å². The number of nitrogens with one attached hydrogen (secondary N) is 1. The summed E-state index contributed by atoms with van der Waals surface area (Å²) in [6.45, 7) is 0.211. The minimum absolute atomic E-state index is 0.0315. The predicted octanol–water partition coefficient (Wildman–Crippen LogP) is 0.976. The Bertz CT molecular complexity index is 376. The highest BCUT2D eigenvalue weighted by atomic mass is 32.2. The zero-order valence-electron chi connectivity index (χ0n) is 11.3. The minimum Gasteiger partial charge on any atom is -0.480 e. The van der Waals surface area contributed by atoms with Crippen LogP contribution in [0.3, 0.4) is 0 Å². The molecule has 1 aliphatic rings. The topological polar surface area (TPSA) is 92.7 Å². The van der Waals surface area contributed by atoms with Crippen molar-refractivity contribution in [3.8, 4) is 0 Å². The summed E-state index contributed by atoms with van der Waals surface area (Å²) in [6.07, 6.45) is 5.25. The summed E-state index contributed by atoms with van der Waals surface area (Å²) in [7, 11) is -2.09. The van der Waals surface area contributed by atoms with Crippen LogP contribution >= 0.6 is 0 Å². The second-order valence-corrected chi connectivity index (χ2v) is 6.87. The van der Waals surface area contributed by atoms with Gasteiger partial charge in [0.2, 0.25) is 10.0 Å². The quantitative estimate of drug-likeness (QED) is 0.696. The third-order valence-corrected chi connectivity index (χ3v) is 4.96. The van der Waals surface area contributed by atoms with E-state index in [9.17, 15) is 13.2 Å². The summed E-state index contributed by atoms with van der Waals surface area (Å²) >= 11 is 0. The van der Waals surface area contributed by atoms with E-state index >= 15 is 0 Å². The van der Waals surface area contributed by atoms with Gasteiger partial charge in [0.15, 0.2) is 0 Å².